The molecule has 0 unspecified atom stereocenters. The van der Waals surface area contributed by atoms with E-state index in [0.29, 0.717) is 6.54 Å². The van der Waals surface area contributed by atoms with Crippen LogP contribution in [0.15, 0.2) is 41.5 Å². The molecule has 5 heteroatoms. The van der Waals surface area contributed by atoms with Crippen LogP contribution in [0.5, 0.6) is 0 Å². The standard InChI is InChI=1S/C14H15N3O2/c1-10-5-6-12(13(18)16-10)14(19)17(2)9-11-4-3-7-15-8-11/h3-8H,9H2,1-2H3,(H,16,18). The lowest BCUT2D eigenvalue weighted by Gasteiger charge is -2.16. The SMILES string of the molecule is Cc1ccc(C(=O)N(C)Cc2cccnc2)c(=O)[nH]1. The van der Waals surface area contributed by atoms with Gasteiger partial charge in [0.2, 0.25) is 0 Å². The fraction of sp³-hybridized carbons (Fsp3) is 0.214. The Kier molecular flexibility index (Phi) is 3.75. The van der Waals surface area contributed by atoms with E-state index in [1.54, 1.807) is 38.5 Å². The van der Waals surface area contributed by atoms with Gasteiger partial charge in [-0.3, -0.25) is 14.6 Å². The van der Waals surface area contributed by atoms with Gasteiger partial charge in [0.05, 0.1) is 0 Å². The van der Waals surface area contributed by atoms with Crippen molar-refractivity contribution in [1.82, 2.24) is 14.9 Å². The molecule has 2 rings (SSSR count). The van der Waals surface area contributed by atoms with E-state index < -0.39 is 0 Å². The Bertz CT molecular complexity index is 635. The Hall–Kier alpha value is -2.43. The predicted molar refractivity (Wildman–Crippen MR) is 71.8 cm³/mol. The normalized spacial score (nSPS) is 10.2. The van der Waals surface area contributed by atoms with E-state index in [1.165, 1.54) is 4.90 Å². The van der Waals surface area contributed by atoms with Crippen molar-refractivity contribution in [2.75, 3.05) is 7.05 Å². The highest BCUT2D eigenvalue weighted by atomic mass is 16.2. The highest BCUT2D eigenvalue weighted by molar-refractivity contribution is 5.93. The highest BCUT2D eigenvalue weighted by Gasteiger charge is 2.15. The maximum Gasteiger partial charge on any atom is 0.260 e. The van der Waals surface area contributed by atoms with E-state index in [2.05, 4.69) is 9.97 Å². The number of hydrogen-bond acceptors (Lipinski definition) is 3. The molecule has 2 aromatic heterocycles. The molecule has 2 heterocycles. The third kappa shape index (κ3) is 3.07. The molecule has 0 aliphatic heterocycles. The van der Waals surface area contributed by atoms with Gasteiger partial charge in [-0.1, -0.05) is 6.07 Å². The molecule has 0 radical (unpaired) electrons. The van der Waals surface area contributed by atoms with Crippen molar-refractivity contribution >= 4 is 5.91 Å². The number of aromatic nitrogens is 2. The minimum absolute atomic E-state index is 0.150. The van der Waals surface area contributed by atoms with E-state index in [9.17, 15) is 9.59 Å². The van der Waals surface area contributed by atoms with E-state index in [4.69, 9.17) is 0 Å². The summed E-state index contributed by atoms with van der Waals surface area (Å²) in [7, 11) is 1.66. The fourth-order valence-electron chi connectivity index (χ4n) is 1.78. The molecule has 98 valence electrons. The molecule has 0 spiro atoms. The largest absolute Gasteiger partial charge is 0.337 e. The maximum atomic E-state index is 12.2. The van der Waals surface area contributed by atoms with Crippen LogP contribution in [-0.2, 0) is 6.54 Å². The molecule has 0 aliphatic carbocycles. The lowest BCUT2D eigenvalue weighted by atomic mass is 10.2. The van der Waals surface area contributed by atoms with Crippen LogP contribution in [0.2, 0.25) is 0 Å². The van der Waals surface area contributed by atoms with Gasteiger partial charge < -0.3 is 9.88 Å². The van der Waals surface area contributed by atoms with E-state index in [-0.39, 0.29) is 17.0 Å². The molecule has 0 saturated heterocycles. The number of aryl methyl sites for hydroxylation is 1. The Labute approximate surface area is 110 Å². The Morgan fingerprint density at radius 3 is 2.79 bits per heavy atom. The number of hydrogen-bond donors (Lipinski definition) is 1. The molecule has 0 saturated carbocycles. The van der Waals surface area contributed by atoms with Crippen molar-refractivity contribution < 1.29 is 4.79 Å². The molecular formula is C14H15N3O2. The molecule has 0 aromatic carbocycles. The minimum atomic E-state index is -0.358. The summed E-state index contributed by atoms with van der Waals surface area (Å²) in [6, 6.07) is 6.96. The van der Waals surface area contributed by atoms with Crippen molar-refractivity contribution in [2.24, 2.45) is 0 Å². The van der Waals surface area contributed by atoms with E-state index >= 15 is 0 Å². The number of pyridine rings is 2. The van der Waals surface area contributed by atoms with Crippen LogP contribution in [0, 0.1) is 6.92 Å². The maximum absolute atomic E-state index is 12.2. The van der Waals surface area contributed by atoms with E-state index in [0.717, 1.165) is 11.3 Å². The summed E-state index contributed by atoms with van der Waals surface area (Å²) >= 11 is 0. The number of amides is 1. The quantitative estimate of drug-likeness (QED) is 0.902. The lowest BCUT2D eigenvalue weighted by Crippen LogP contribution is -2.31. The monoisotopic (exact) mass is 257 g/mol. The van der Waals surface area contributed by atoms with Crippen LogP contribution in [0.3, 0.4) is 0 Å². The third-order valence-electron chi connectivity index (χ3n) is 2.77. The summed E-state index contributed by atoms with van der Waals surface area (Å²) in [4.78, 5) is 32.0. The first-order valence-electron chi connectivity index (χ1n) is 5.92. The number of H-pyrrole nitrogens is 1. The summed E-state index contributed by atoms with van der Waals surface area (Å²) < 4.78 is 0. The van der Waals surface area contributed by atoms with Crippen LogP contribution in [0.25, 0.3) is 0 Å². The molecule has 1 N–H and O–H groups in total. The first-order chi connectivity index (χ1) is 9.08. The van der Waals surface area contributed by atoms with Gasteiger partial charge in [-0.15, -0.1) is 0 Å². The number of nitrogens with one attached hydrogen (secondary N) is 1. The van der Waals surface area contributed by atoms with Crippen molar-refractivity contribution in [3.8, 4) is 0 Å². The number of carbonyl (C=O) groups is 1. The van der Waals surface area contributed by atoms with Gasteiger partial charge in [0.1, 0.15) is 5.56 Å². The van der Waals surface area contributed by atoms with Crippen molar-refractivity contribution in [1.29, 1.82) is 0 Å². The minimum Gasteiger partial charge on any atom is -0.337 e. The Balaban J connectivity index is 2.17. The van der Waals surface area contributed by atoms with Crippen LogP contribution in [-0.4, -0.2) is 27.8 Å². The van der Waals surface area contributed by atoms with Crippen molar-refractivity contribution in [3.63, 3.8) is 0 Å². The van der Waals surface area contributed by atoms with Gasteiger partial charge in [-0.25, -0.2) is 0 Å². The van der Waals surface area contributed by atoms with E-state index in [1.807, 2.05) is 12.1 Å². The predicted octanol–water partition coefficient (Wildman–Crippen LogP) is 1.35. The summed E-state index contributed by atoms with van der Waals surface area (Å²) in [5.74, 6) is -0.301. The van der Waals surface area contributed by atoms with Crippen LogP contribution in [0.4, 0.5) is 0 Å². The molecule has 5 nitrogen and oxygen atoms in total. The average molecular weight is 257 g/mol. The lowest BCUT2D eigenvalue weighted by molar-refractivity contribution is 0.0783. The topological polar surface area (TPSA) is 66.1 Å². The molecule has 0 bridgehead atoms. The van der Waals surface area contributed by atoms with Crippen molar-refractivity contribution in [3.05, 3.63) is 63.8 Å². The van der Waals surface area contributed by atoms with Crippen LogP contribution < -0.4 is 5.56 Å². The average Bonchev–Trinajstić information content (AvgIpc) is 2.39. The zero-order valence-electron chi connectivity index (χ0n) is 10.9. The van der Waals surface area contributed by atoms with Gasteiger partial charge >= 0.3 is 0 Å². The second-order valence-electron chi connectivity index (χ2n) is 4.41. The summed E-state index contributed by atoms with van der Waals surface area (Å²) in [6.45, 7) is 2.19. The second kappa shape index (κ2) is 5.48. The highest BCUT2D eigenvalue weighted by Crippen LogP contribution is 2.05. The fourth-order valence-corrected chi connectivity index (χ4v) is 1.78. The summed E-state index contributed by atoms with van der Waals surface area (Å²) in [6.07, 6.45) is 3.37. The summed E-state index contributed by atoms with van der Waals surface area (Å²) in [5.41, 5.74) is 1.44. The molecule has 0 atom stereocenters. The zero-order valence-corrected chi connectivity index (χ0v) is 10.9. The van der Waals surface area contributed by atoms with Gasteiger partial charge in [0.25, 0.3) is 11.5 Å². The molecular weight excluding hydrogens is 242 g/mol. The van der Waals surface area contributed by atoms with Gasteiger partial charge in [0.15, 0.2) is 0 Å². The van der Waals surface area contributed by atoms with Crippen molar-refractivity contribution in [2.45, 2.75) is 13.5 Å². The Morgan fingerprint density at radius 2 is 2.16 bits per heavy atom. The molecule has 1 amide bonds. The number of aromatic amines is 1. The number of nitrogens with zero attached hydrogens (tertiary/aromatic N) is 2. The Morgan fingerprint density at radius 1 is 1.37 bits per heavy atom. The molecule has 19 heavy (non-hydrogen) atoms. The molecule has 0 fully saturated rings. The number of rotatable bonds is 3. The number of carbonyl (C=O) groups excluding carboxylic acids is 1. The summed E-state index contributed by atoms with van der Waals surface area (Å²) in [5, 5.41) is 0. The molecule has 2 aromatic rings. The second-order valence-corrected chi connectivity index (χ2v) is 4.41. The van der Waals surface area contributed by atoms with Gasteiger partial charge in [-0.2, -0.15) is 0 Å². The first kappa shape index (κ1) is 13.0. The van der Waals surface area contributed by atoms with Crippen LogP contribution in [0.1, 0.15) is 21.6 Å². The molecule has 0 aliphatic rings. The van der Waals surface area contributed by atoms with Gasteiger partial charge in [-0.05, 0) is 30.7 Å². The zero-order chi connectivity index (χ0) is 13.8. The third-order valence-corrected chi connectivity index (χ3v) is 2.77. The smallest absolute Gasteiger partial charge is 0.260 e. The first-order valence-corrected chi connectivity index (χ1v) is 5.92. The van der Waals surface area contributed by atoms with Crippen LogP contribution >= 0.6 is 0 Å². The van der Waals surface area contributed by atoms with Gasteiger partial charge in [0, 0.05) is 31.7 Å².